The Kier molecular flexibility index (Phi) is 3.45. The second-order valence-electron chi connectivity index (χ2n) is 4.07. The third kappa shape index (κ3) is 2.55. The van der Waals surface area contributed by atoms with Gasteiger partial charge in [-0.25, -0.2) is 4.39 Å². The third-order valence-corrected chi connectivity index (χ3v) is 2.49. The highest BCUT2D eigenvalue weighted by Crippen LogP contribution is 2.25. The van der Waals surface area contributed by atoms with Gasteiger partial charge in [0, 0.05) is 0 Å². The molecule has 1 unspecified atom stereocenters. The Labute approximate surface area is 88.7 Å². The van der Waals surface area contributed by atoms with Gasteiger partial charge in [-0.2, -0.15) is 0 Å². The molecule has 0 amide bonds. The Morgan fingerprint density at radius 2 is 2.00 bits per heavy atom. The number of hydrogen-bond donors (Lipinski definition) is 1. The smallest absolute Gasteiger partial charge is 0.311 e. The van der Waals surface area contributed by atoms with E-state index in [1.807, 2.05) is 13.8 Å². The molecule has 1 N–H and O–H groups in total. The summed E-state index contributed by atoms with van der Waals surface area (Å²) in [6.45, 7) is 5.29. The normalized spacial score (nSPS) is 12.9. The van der Waals surface area contributed by atoms with Gasteiger partial charge in [-0.3, -0.25) is 4.79 Å². The van der Waals surface area contributed by atoms with Crippen LogP contribution in [0, 0.1) is 18.7 Å². The predicted molar refractivity (Wildman–Crippen MR) is 56.4 cm³/mol. The van der Waals surface area contributed by atoms with Crippen molar-refractivity contribution in [2.75, 3.05) is 0 Å². The minimum Gasteiger partial charge on any atom is -0.481 e. The fourth-order valence-corrected chi connectivity index (χ4v) is 1.62. The molecule has 82 valence electrons. The summed E-state index contributed by atoms with van der Waals surface area (Å²) in [5.74, 6) is -1.95. The first-order valence-corrected chi connectivity index (χ1v) is 4.92. The molecule has 1 aromatic carbocycles. The Balaban J connectivity index is 3.12. The first-order valence-electron chi connectivity index (χ1n) is 4.92. The SMILES string of the molecule is Cc1ccc(C(C(=O)O)C(C)C)cc1F. The molecule has 0 fully saturated rings. The molecule has 1 atom stereocenters. The van der Waals surface area contributed by atoms with Gasteiger partial charge in [0.1, 0.15) is 5.82 Å². The number of aryl methyl sites for hydroxylation is 1. The number of aliphatic carboxylic acids is 1. The van der Waals surface area contributed by atoms with Crippen LogP contribution in [0.3, 0.4) is 0 Å². The fourth-order valence-electron chi connectivity index (χ4n) is 1.62. The number of carbonyl (C=O) groups is 1. The first-order chi connectivity index (χ1) is 6.93. The van der Waals surface area contributed by atoms with Crippen LogP contribution in [-0.4, -0.2) is 11.1 Å². The second-order valence-corrected chi connectivity index (χ2v) is 4.07. The van der Waals surface area contributed by atoms with Gasteiger partial charge in [0.05, 0.1) is 5.92 Å². The summed E-state index contributed by atoms with van der Waals surface area (Å²) in [5.41, 5.74) is 1.06. The van der Waals surface area contributed by atoms with E-state index in [0.717, 1.165) is 0 Å². The van der Waals surface area contributed by atoms with Crippen LogP contribution in [0.1, 0.15) is 30.9 Å². The Morgan fingerprint density at radius 1 is 1.40 bits per heavy atom. The summed E-state index contributed by atoms with van der Waals surface area (Å²) in [5, 5.41) is 9.03. The molecule has 0 saturated carbocycles. The molecule has 0 bridgehead atoms. The van der Waals surface area contributed by atoms with Crippen LogP contribution < -0.4 is 0 Å². The monoisotopic (exact) mass is 210 g/mol. The van der Waals surface area contributed by atoms with Gasteiger partial charge in [-0.05, 0) is 30.0 Å². The zero-order valence-corrected chi connectivity index (χ0v) is 9.12. The van der Waals surface area contributed by atoms with Crippen molar-refractivity contribution in [2.45, 2.75) is 26.7 Å². The van der Waals surface area contributed by atoms with Crippen molar-refractivity contribution in [3.8, 4) is 0 Å². The quantitative estimate of drug-likeness (QED) is 0.832. The lowest BCUT2D eigenvalue weighted by molar-refractivity contribution is -0.139. The van der Waals surface area contributed by atoms with Crippen molar-refractivity contribution in [1.29, 1.82) is 0 Å². The molecule has 0 saturated heterocycles. The Bertz CT molecular complexity index is 372. The van der Waals surface area contributed by atoms with Gasteiger partial charge in [-0.1, -0.05) is 26.0 Å². The molecule has 2 nitrogen and oxygen atoms in total. The minimum absolute atomic E-state index is 0.0513. The van der Waals surface area contributed by atoms with Crippen molar-refractivity contribution in [3.05, 3.63) is 35.1 Å². The van der Waals surface area contributed by atoms with Gasteiger partial charge >= 0.3 is 5.97 Å². The van der Waals surface area contributed by atoms with Gasteiger partial charge in [0.2, 0.25) is 0 Å². The number of benzene rings is 1. The minimum atomic E-state index is -0.909. The second kappa shape index (κ2) is 4.43. The van der Waals surface area contributed by atoms with Crippen LogP contribution in [0.2, 0.25) is 0 Å². The van der Waals surface area contributed by atoms with Gasteiger partial charge in [0.15, 0.2) is 0 Å². The zero-order chi connectivity index (χ0) is 11.6. The first kappa shape index (κ1) is 11.7. The Hall–Kier alpha value is -1.38. The van der Waals surface area contributed by atoms with Crippen LogP contribution in [0.25, 0.3) is 0 Å². The van der Waals surface area contributed by atoms with Crippen molar-refractivity contribution < 1.29 is 14.3 Å². The standard InChI is InChI=1S/C12H15FO2/c1-7(2)11(12(14)15)9-5-4-8(3)10(13)6-9/h4-7,11H,1-3H3,(H,14,15). The van der Waals surface area contributed by atoms with E-state index < -0.39 is 11.9 Å². The van der Waals surface area contributed by atoms with E-state index in [-0.39, 0.29) is 11.7 Å². The van der Waals surface area contributed by atoms with Crippen molar-refractivity contribution >= 4 is 5.97 Å². The van der Waals surface area contributed by atoms with E-state index in [1.54, 1.807) is 19.1 Å². The average molecular weight is 210 g/mol. The summed E-state index contributed by atoms with van der Waals surface area (Å²) in [4.78, 5) is 11.0. The summed E-state index contributed by atoms with van der Waals surface area (Å²) in [6, 6.07) is 4.61. The van der Waals surface area contributed by atoms with E-state index in [4.69, 9.17) is 5.11 Å². The van der Waals surface area contributed by atoms with Crippen LogP contribution >= 0.6 is 0 Å². The maximum atomic E-state index is 13.3. The number of carboxylic acids is 1. The predicted octanol–water partition coefficient (Wildman–Crippen LogP) is 2.96. The van der Waals surface area contributed by atoms with Crippen molar-refractivity contribution in [1.82, 2.24) is 0 Å². The van der Waals surface area contributed by atoms with Crippen molar-refractivity contribution in [2.24, 2.45) is 5.92 Å². The highest BCUT2D eigenvalue weighted by Gasteiger charge is 2.23. The average Bonchev–Trinajstić information content (AvgIpc) is 2.10. The van der Waals surface area contributed by atoms with E-state index in [1.165, 1.54) is 6.07 Å². The molecule has 15 heavy (non-hydrogen) atoms. The molecule has 1 aromatic rings. The summed E-state index contributed by atoms with van der Waals surface area (Å²) < 4.78 is 13.3. The molecule has 0 aliphatic heterocycles. The van der Waals surface area contributed by atoms with Crippen LogP contribution in [0.4, 0.5) is 4.39 Å². The van der Waals surface area contributed by atoms with Crippen molar-refractivity contribution in [3.63, 3.8) is 0 Å². The lowest BCUT2D eigenvalue weighted by Gasteiger charge is -2.16. The number of halogens is 1. The lowest BCUT2D eigenvalue weighted by Crippen LogP contribution is -2.17. The molecule has 0 aromatic heterocycles. The maximum absolute atomic E-state index is 13.3. The molecule has 0 spiro atoms. The number of rotatable bonds is 3. The highest BCUT2D eigenvalue weighted by molar-refractivity contribution is 5.76. The molecule has 0 radical (unpaired) electrons. The van der Waals surface area contributed by atoms with Crippen LogP contribution in [0.5, 0.6) is 0 Å². The topological polar surface area (TPSA) is 37.3 Å². The largest absolute Gasteiger partial charge is 0.481 e. The summed E-state index contributed by atoms with van der Waals surface area (Å²) >= 11 is 0. The fraction of sp³-hybridized carbons (Fsp3) is 0.417. The molecular formula is C12H15FO2. The number of hydrogen-bond acceptors (Lipinski definition) is 1. The number of carboxylic acid groups (broad SMARTS) is 1. The van der Waals surface area contributed by atoms with Crippen LogP contribution in [-0.2, 0) is 4.79 Å². The van der Waals surface area contributed by atoms with Gasteiger partial charge in [0.25, 0.3) is 0 Å². The van der Waals surface area contributed by atoms with Gasteiger partial charge < -0.3 is 5.11 Å². The zero-order valence-electron chi connectivity index (χ0n) is 9.12. The Morgan fingerprint density at radius 3 is 2.40 bits per heavy atom. The summed E-state index contributed by atoms with van der Waals surface area (Å²) in [6.07, 6.45) is 0. The lowest BCUT2D eigenvalue weighted by atomic mass is 9.88. The molecule has 0 aliphatic carbocycles. The van der Waals surface area contributed by atoms with E-state index >= 15 is 0 Å². The maximum Gasteiger partial charge on any atom is 0.311 e. The molecular weight excluding hydrogens is 195 g/mol. The molecule has 0 heterocycles. The summed E-state index contributed by atoms with van der Waals surface area (Å²) in [7, 11) is 0. The molecule has 3 heteroatoms. The third-order valence-electron chi connectivity index (χ3n) is 2.49. The van der Waals surface area contributed by atoms with Gasteiger partial charge in [-0.15, -0.1) is 0 Å². The van der Waals surface area contributed by atoms with E-state index in [0.29, 0.717) is 11.1 Å². The highest BCUT2D eigenvalue weighted by atomic mass is 19.1. The molecule has 0 aliphatic rings. The van der Waals surface area contributed by atoms with Crippen LogP contribution in [0.15, 0.2) is 18.2 Å². The molecule has 1 rings (SSSR count). The van der Waals surface area contributed by atoms with E-state index in [9.17, 15) is 9.18 Å². The van der Waals surface area contributed by atoms with E-state index in [2.05, 4.69) is 0 Å².